The lowest BCUT2D eigenvalue weighted by atomic mass is 9.47. The molecule has 6 atom stereocenters. The van der Waals surface area contributed by atoms with Gasteiger partial charge in [-0.25, -0.2) is 0 Å². The summed E-state index contributed by atoms with van der Waals surface area (Å²) in [5.41, 5.74) is 2.26. The topological polar surface area (TPSA) is 35.5 Å². The fourth-order valence-corrected chi connectivity index (χ4v) is 7.83. The number of carbonyl (C=O) groups is 1. The highest BCUT2D eigenvalue weighted by Crippen LogP contribution is 2.67. The molecule has 3 heteroatoms. The largest absolute Gasteiger partial charge is 0.350 e. The number of rotatable bonds is 2. The van der Waals surface area contributed by atoms with Gasteiger partial charge in [-0.1, -0.05) is 19.4 Å². The third kappa shape index (κ3) is 2.49. The molecule has 3 saturated carbocycles. The molecule has 0 N–H and O–H groups in total. The summed E-state index contributed by atoms with van der Waals surface area (Å²) >= 11 is 0. The maximum absolute atomic E-state index is 12.0. The Morgan fingerprint density at radius 3 is 2.62 bits per heavy atom. The Labute approximate surface area is 157 Å². The Bertz CT molecular complexity index is 619. The predicted octanol–water partition coefficient (Wildman–Crippen LogP) is 4.90. The number of carbonyl (C=O) groups excluding carboxylic acids is 1. The van der Waals surface area contributed by atoms with E-state index in [0.717, 1.165) is 62.6 Å². The van der Waals surface area contributed by atoms with Crippen molar-refractivity contribution < 1.29 is 14.3 Å². The van der Waals surface area contributed by atoms with Crippen LogP contribution in [0, 0.1) is 34.5 Å². The molecule has 0 radical (unpaired) electrons. The SMILES string of the molecule is CC12CCC(=O)C=C1CCC1C2CCC2(C)C(CC3OCCO3)CCC12. The number of fused-ring (bicyclic) bond motifs is 5. The Kier molecular flexibility index (Phi) is 4.14. The summed E-state index contributed by atoms with van der Waals surface area (Å²) in [6.45, 7) is 6.61. The molecule has 1 saturated heterocycles. The van der Waals surface area contributed by atoms with E-state index < -0.39 is 0 Å². The quantitative estimate of drug-likeness (QED) is 0.704. The van der Waals surface area contributed by atoms with E-state index >= 15 is 0 Å². The van der Waals surface area contributed by atoms with Gasteiger partial charge in [0.2, 0.25) is 0 Å². The third-order valence-electron chi connectivity index (χ3n) is 9.33. The zero-order valence-corrected chi connectivity index (χ0v) is 16.5. The van der Waals surface area contributed by atoms with Gasteiger partial charge in [-0.05, 0) is 85.5 Å². The summed E-state index contributed by atoms with van der Waals surface area (Å²) in [7, 11) is 0. The standard InChI is InChI=1S/C23H34O3/c1-22-9-7-17(24)13-15(22)3-5-18-19-6-4-16(14-21-25-11-12-26-21)23(19,2)10-8-20(18)22/h13,16,18-21H,3-12,14H2,1-2H3. The number of allylic oxidation sites excluding steroid dienone is 1. The first kappa shape index (κ1) is 17.4. The van der Waals surface area contributed by atoms with Gasteiger partial charge in [0.05, 0.1) is 13.2 Å². The molecular weight excluding hydrogens is 324 g/mol. The molecule has 4 fully saturated rings. The van der Waals surface area contributed by atoms with Crippen LogP contribution in [0.3, 0.4) is 0 Å². The average Bonchev–Trinajstić information content (AvgIpc) is 3.24. The lowest BCUT2D eigenvalue weighted by molar-refractivity contribution is -0.118. The normalized spacial score (nSPS) is 48.7. The molecule has 0 aromatic carbocycles. The lowest BCUT2D eigenvalue weighted by Gasteiger charge is -2.58. The Morgan fingerprint density at radius 1 is 1.00 bits per heavy atom. The minimum Gasteiger partial charge on any atom is -0.350 e. The molecule has 1 aliphatic heterocycles. The van der Waals surface area contributed by atoms with E-state index in [0.29, 0.717) is 16.6 Å². The van der Waals surface area contributed by atoms with Gasteiger partial charge >= 0.3 is 0 Å². The molecular formula is C23H34O3. The second-order valence-corrected chi connectivity index (χ2v) is 10.2. The Balaban J connectivity index is 1.38. The summed E-state index contributed by atoms with van der Waals surface area (Å²) < 4.78 is 11.6. The van der Waals surface area contributed by atoms with Crippen LogP contribution in [-0.4, -0.2) is 25.3 Å². The monoisotopic (exact) mass is 358 g/mol. The number of hydrogen-bond donors (Lipinski definition) is 0. The highest BCUT2D eigenvalue weighted by molar-refractivity contribution is 5.91. The first-order valence-electron chi connectivity index (χ1n) is 11.0. The van der Waals surface area contributed by atoms with E-state index in [4.69, 9.17) is 9.47 Å². The molecule has 4 aliphatic carbocycles. The van der Waals surface area contributed by atoms with Crippen LogP contribution in [0.5, 0.6) is 0 Å². The molecule has 0 spiro atoms. The smallest absolute Gasteiger partial charge is 0.158 e. The van der Waals surface area contributed by atoms with Crippen LogP contribution in [-0.2, 0) is 14.3 Å². The lowest BCUT2D eigenvalue weighted by Crippen LogP contribution is -2.50. The zero-order chi connectivity index (χ0) is 17.9. The van der Waals surface area contributed by atoms with Crippen LogP contribution in [0.25, 0.3) is 0 Å². The summed E-state index contributed by atoms with van der Waals surface area (Å²) in [6, 6.07) is 0. The van der Waals surface area contributed by atoms with E-state index in [1.807, 2.05) is 6.08 Å². The first-order chi connectivity index (χ1) is 12.5. The minimum atomic E-state index is 0.0519. The van der Waals surface area contributed by atoms with Gasteiger partial charge in [0.1, 0.15) is 0 Å². The van der Waals surface area contributed by atoms with Crippen molar-refractivity contribution in [1.29, 1.82) is 0 Å². The number of ether oxygens (including phenoxy) is 2. The van der Waals surface area contributed by atoms with E-state index in [-0.39, 0.29) is 6.29 Å². The second-order valence-electron chi connectivity index (χ2n) is 10.2. The van der Waals surface area contributed by atoms with Crippen LogP contribution >= 0.6 is 0 Å². The van der Waals surface area contributed by atoms with Crippen molar-refractivity contribution in [3.8, 4) is 0 Å². The molecule has 3 nitrogen and oxygen atoms in total. The van der Waals surface area contributed by atoms with Gasteiger partial charge in [-0.15, -0.1) is 0 Å². The van der Waals surface area contributed by atoms with Crippen molar-refractivity contribution in [1.82, 2.24) is 0 Å². The van der Waals surface area contributed by atoms with Crippen molar-refractivity contribution in [2.45, 2.75) is 77.9 Å². The van der Waals surface area contributed by atoms with Crippen LogP contribution < -0.4 is 0 Å². The van der Waals surface area contributed by atoms with Gasteiger partial charge < -0.3 is 9.47 Å². The molecule has 26 heavy (non-hydrogen) atoms. The summed E-state index contributed by atoms with van der Waals surface area (Å²) in [5, 5.41) is 0. The van der Waals surface area contributed by atoms with Crippen LogP contribution in [0.15, 0.2) is 11.6 Å². The van der Waals surface area contributed by atoms with Crippen molar-refractivity contribution >= 4 is 5.78 Å². The maximum Gasteiger partial charge on any atom is 0.158 e. The molecule has 0 aromatic rings. The minimum absolute atomic E-state index is 0.0519. The van der Waals surface area contributed by atoms with Crippen LogP contribution in [0.4, 0.5) is 0 Å². The summed E-state index contributed by atoms with van der Waals surface area (Å²) in [4.78, 5) is 12.0. The van der Waals surface area contributed by atoms with E-state index in [2.05, 4.69) is 13.8 Å². The molecule has 5 aliphatic rings. The van der Waals surface area contributed by atoms with Gasteiger partial charge in [0.15, 0.2) is 12.1 Å². The predicted molar refractivity (Wildman–Crippen MR) is 101 cm³/mol. The van der Waals surface area contributed by atoms with Crippen LogP contribution in [0.2, 0.25) is 0 Å². The fourth-order valence-electron chi connectivity index (χ4n) is 7.83. The highest BCUT2D eigenvalue weighted by atomic mass is 16.7. The van der Waals surface area contributed by atoms with E-state index in [1.165, 1.54) is 37.7 Å². The highest BCUT2D eigenvalue weighted by Gasteiger charge is 2.59. The Morgan fingerprint density at radius 2 is 1.81 bits per heavy atom. The number of ketones is 1. The van der Waals surface area contributed by atoms with Gasteiger partial charge in [0.25, 0.3) is 0 Å². The molecule has 6 unspecified atom stereocenters. The van der Waals surface area contributed by atoms with E-state index in [9.17, 15) is 4.79 Å². The molecule has 0 bridgehead atoms. The van der Waals surface area contributed by atoms with Crippen molar-refractivity contribution in [3.63, 3.8) is 0 Å². The molecule has 0 aromatic heterocycles. The Hall–Kier alpha value is -0.670. The third-order valence-corrected chi connectivity index (χ3v) is 9.33. The van der Waals surface area contributed by atoms with Gasteiger partial charge in [-0.2, -0.15) is 0 Å². The zero-order valence-electron chi connectivity index (χ0n) is 16.5. The average molecular weight is 359 g/mol. The number of hydrogen-bond acceptors (Lipinski definition) is 3. The second kappa shape index (κ2) is 6.17. The molecule has 1 heterocycles. The van der Waals surface area contributed by atoms with Gasteiger partial charge in [-0.3, -0.25) is 4.79 Å². The summed E-state index contributed by atoms with van der Waals surface area (Å²) in [6.07, 6.45) is 13.0. The van der Waals surface area contributed by atoms with Crippen molar-refractivity contribution in [3.05, 3.63) is 11.6 Å². The summed E-state index contributed by atoms with van der Waals surface area (Å²) in [5.74, 6) is 3.65. The molecule has 0 amide bonds. The first-order valence-corrected chi connectivity index (χ1v) is 11.0. The van der Waals surface area contributed by atoms with Crippen LogP contribution in [0.1, 0.15) is 71.6 Å². The fraction of sp³-hybridized carbons (Fsp3) is 0.870. The van der Waals surface area contributed by atoms with Crippen molar-refractivity contribution in [2.75, 3.05) is 13.2 Å². The maximum atomic E-state index is 12.0. The van der Waals surface area contributed by atoms with Gasteiger partial charge in [0, 0.05) is 12.8 Å². The molecule has 5 rings (SSSR count). The van der Waals surface area contributed by atoms with E-state index in [1.54, 1.807) is 0 Å². The van der Waals surface area contributed by atoms with Crippen molar-refractivity contribution in [2.24, 2.45) is 34.5 Å². The molecule has 144 valence electrons.